The summed E-state index contributed by atoms with van der Waals surface area (Å²) in [5.74, 6) is 0.936. The van der Waals surface area contributed by atoms with E-state index in [2.05, 4.69) is 20.5 Å². The molecule has 2 aliphatic heterocycles. The molecule has 2 N–H and O–H groups in total. The van der Waals surface area contributed by atoms with Crippen molar-refractivity contribution in [3.05, 3.63) is 24.3 Å². The van der Waals surface area contributed by atoms with E-state index in [0.29, 0.717) is 18.3 Å². The third-order valence-corrected chi connectivity index (χ3v) is 4.30. The number of guanidine groups is 1. The van der Waals surface area contributed by atoms with E-state index in [1.165, 1.54) is 6.42 Å². The predicted molar refractivity (Wildman–Crippen MR) is 95.6 cm³/mol. The summed E-state index contributed by atoms with van der Waals surface area (Å²) in [6, 6.07) is 6.50. The van der Waals surface area contributed by atoms with Crippen molar-refractivity contribution in [1.82, 2.24) is 10.2 Å². The molecule has 25 heavy (non-hydrogen) atoms. The lowest BCUT2D eigenvalue weighted by atomic mass is 10.1. The minimum atomic E-state index is -0.653. The molecule has 0 bridgehead atoms. The topological polar surface area (TPSA) is 83.0 Å². The molecule has 7 heteroatoms. The molecule has 0 radical (unpaired) electrons. The molecular formula is C18H24N4O3. The molecule has 134 valence electrons. The molecule has 2 aliphatic rings. The maximum Gasteiger partial charge on any atom is 0.252 e. The molecule has 0 unspecified atom stereocenters. The van der Waals surface area contributed by atoms with Crippen molar-refractivity contribution in [3.63, 3.8) is 0 Å². The minimum absolute atomic E-state index is 0.0381. The van der Waals surface area contributed by atoms with E-state index in [9.17, 15) is 9.59 Å². The molecule has 2 amide bonds. The Bertz CT molecular complexity index is 651. The lowest BCUT2D eigenvalue weighted by molar-refractivity contribution is -0.123. The van der Waals surface area contributed by atoms with Crippen LogP contribution < -0.4 is 15.4 Å². The van der Waals surface area contributed by atoms with Gasteiger partial charge in [-0.25, -0.2) is 4.99 Å². The molecule has 0 spiro atoms. The molecule has 0 aromatic heterocycles. The Hall–Kier alpha value is -2.57. The van der Waals surface area contributed by atoms with Crippen molar-refractivity contribution in [1.29, 1.82) is 0 Å². The highest BCUT2D eigenvalue weighted by molar-refractivity contribution is 6.07. The molecule has 3 rings (SSSR count). The zero-order chi connectivity index (χ0) is 17.6. The Labute approximate surface area is 147 Å². The van der Waals surface area contributed by atoms with Crippen LogP contribution in [0.3, 0.4) is 0 Å². The van der Waals surface area contributed by atoms with Crippen LogP contribution in [0.15, 0.2) is 29.3 Å². The van der Waals surface area contributed by atoms with Gasteiger partial charge in [-0.05, 0) is 50.5 Å². The normalized spacial score (nSPS) is 20.0. The number of carbonyl (C=O) groups excluding carboxylic acids is 2. The summed E-state index contributed by atoms with van der Waals surface area (Å²) in [6.07, 6.45) is 3.47. The quantitative estimate of drug-likeness (QED) is 0.852. The minimum Gasteiger partial charge on any atom is -0.494 e. The number of hydrogen-bond donors (Lipinski definition) is 2. The standard InChI is InChI=1S/C18H24N4O3/c1-2-25-14-8-6-13(7-9-14)19-16(23)12-15-17(24)21-18(20-15)22-10-4-3-5-11-22/h6-9,15H,2-5,10-12H2,1H3,(H,19,23)(H,20,21,24)/t15-/m0/s1. The van der Waals surface area contributed by atoms with Gasteiger partial charge in [0.1, 0.15) is 11.8 Å². The molecule has 7 nitrogen and oxygen atoms in total. The molecule has 1 atom stereocenters. The number of hydrogen-bond acceptors (Lipinski definition) is 5. The summed E-state index contributed by atoms with van der Waals surface area (Å²) in [6.45, 7) is 4.33. The van der Waals surface area contributed by atoms with Crippen molar-refractivity contribution in [2.45, 2.75) is 38.6 Å². The van der Waals surface area contributed by atoms with Gasteiger partial charge in [-0.15, -0.1) is 0 Å². The second kappa shape index (κ2) is 8.00. The van der Waals surface area contributed by atoms with Crippen molar-refractivity contribution < 1.29 is 14.3 Å². The first kappa shape index (κ1) is 17.3. The van der Waals surface area contributed by atoms with Crippen LogP contribution in [-0.4, -0.2) is 48.4 Å². The fourth-order valence-corrected chi connectivity index (χ4v) is 3.03. The second-order valence-electron chi connectivity index (χ2n) is 6.22. The van der Waals surface area contributed by atoms with Gasteiger partial charge in [0.25, 0.3) is 5.91 Å². The van der Waals surface area contributed by atoms with Gasteiger partial charge in [-0.2, -0.15) is 0 Å². The van der Waals surface area contributed by atoms with E-state index in [-0.39, 0.29) is 18.2 Å². The van der Waals surface area contributed by atoms with Gasteiger partial charge in [-0.3, -0.25) is 14.9 Å². The Morgan fingerprint density at radius 3 is 2.68 bits per heavy atom. The summed E-state index contributed by atoms with van der Waals surface area (Å²) in [7, 11) is 0. The molecule has 1 fully saturated rings. The third kappa shape index (κ3) is 4.49. The Morgan fingerprint density at radius 2 is 2.00 bits per heavy atom. The SMILES string of the molecule is CCOc1ccc(NC(=O)C[C@@H]2N=C(N3CCCCC3)NC2=O)cc1. The van der Waals surface area contributed by atoms with Gasteiger partial charge in [0.2, 0.25) is 11.9 Å². The number of benzene rings is 1. The molecule has 1 saturated heterocycles. The van der Waals surface area contributed by atoms with Crippen molar-refractivity contribution in [3.8, 4) is 5.75 Å². The van der Waals surface area contributed by atoms with Crippen LogP contribution >= 0.6 is 0 Å². The van der Waals surface area contributed by atoms with Crippen LogP contribution in [0, 0.1) is 0 Å². The number of ether oxygens (including phenoxy) is 1. The number of likely N-dealkylation sites (tertiary alicyclic amines) is 1. The Kier molecular flexibility index (Phi) is 5.53. The van der Waals surface area contributed by atoms with E-state index < -0.39 is 6.04 Å². The van der Waals surface area contributed by atoms with E-state index in [1.807, 2.05) is 6.92 Å². The lowest BCUT2D eigenvalue weighted by Gasteiger charge is -2.27. The molecule has 0 aliphatic carbocycles. The van der Waals surface area contributed by atoms with Crippen LogP contribution in [0.4, 0.5) is 5.69 Å². The van der Waals surface area contributed by atoms with Gasteiger partial charge in [0, 0.05) is 18.8 Å². The summed E-state index contributed by atoms with van der Waals surface area (Å²) < 4.78 is 5.37. The highest BCUT2D eigenvalue weighted by Crippen LogP contribution is 2.17. The first-order chi connectivity index (χ1) is 12.2. The van der Waals surface area contributed by atoms with Crippen LogP contribution in [0.2, 0.25) is 0 Å². The predicted octanol–water partition coefficient (Wildman–Crippen LogP) is 1.75. The number of nitrogens with zero attached hydrogens (tertiary/aromatic N) is 2. The van der Waals surface area contributed by atoms with E-state index in [0.717, 1.165) is 31.7 Å². The number of anilines is 1. The van der Waals surface area contributed by atoms with Crippen LogP contribution in [0.25, 0.3) is 0 Å². The van der Waals surface area contributed by atoms with Gasteiger partial charge in [0.05, 0.1) is 13.0 Å². The van der Waals surface area contributed by atoms with Gasteiger partial charge >= 0.3 is 0 Å². The number of nitrogens with one attached hydrogen (secondary N) is 2. The zero-order valence-corrected chi connectivity index (χ0v) is 14.5. The highest BCUT2D eigenvalue weighted by atomic mass is 16.5. The first-order valence-corrected chi connectivity index (χ1v) is 8.82. The number of amides is 2. The van der Waals surface area contributed by atoms with Gasteiger partial charge in [0.15, 0.2) is 0 Å². The van der Waals surface area contributed by atoms with E-state index in [4.69, 9.17) is 4.74 Å². The summed E-state index contributed by atoms with van der Waals surface area (Å²) >= 11 is 0. The summed E-state index contributed by atoms with van der Waals surface area (Å²) in [4.78, 5) is 30.8. The maximum absolute atomic E-state index is 12.2. The van der Waals surface area contributed by atoms with E-state index >= 15 is 0 Å². The summed E-state index contributed by atoms with van der Waals surface area (Å²) in [5.41, 5.74) is 0.673. The fourth-order valence-electron chi connectivity index (χ4n) is 3.03. The van der Waals surface area contributed by atoms with E-state index in [1.54, 1.807) is 24.3 Å². The van der Waals surface area contributed by atoms with Crippen LogP contribution in [0.1, 0.15) is 32.6 Å². The smallest absolute Gasteiger partial charge is 0.252 e. The monoisotopic (exact) mass is 344 g/mol. The van der Waals surface area contributed by atoms with Gasteiger partial charge < -0.3 is 15.0 Å². The third-order valence-electron chi connectivity index (χ3n) is 4.30. The largest absolute Gasteiger partial charge is 0.494 e. The number of carbonyl (C=O) groups is 2. The Balaban J connectivity index is 1.54. The highest BCUT2D eigenvalue weighted by Gasteiger charge is 2.31. The van der Waals surface area contributed by atoms with Crippen LogP contribution in [-0.2, 0) is 9.59 Å². The Morgan fingerprint density at radius 1 is 1.28 bits per heavy atom. The molecule has 1 aromatic carbocycles. The average Bonchev–Trinajstić information content (AvgIpc) is 2.98. The van der Waals surface area contributed by atoms with Crippen molar-refractivity contribution >= 4 is 23.5 Å². The lowest BCUT2D eigenvalue weighted by Crippen LogP contribution is -2.43. The molecule has 2 heterocycles. The van der Waals surface area contributed by atoms with Crippen molar-refractivity contribution in [2.75, 3.05) is 25.0 Å². The molecule has 0 saturated carbocycles. The van der Waals surface area contributed by atoms with Crippen LogP contribution in [0.5, 0.6) is 5.75 Å². The fraction of sp³-hybridized carbons (Fsp3) is 0.500. The molecular weight excluding hydrogens is 320 g/mol. The zero-order valence-electron chi connectivity index (χ0n) is 14.5. The summed E-state index contributed by atoms with van der Waals surface area (Å²) in [5, 5.41) is 5.60. The van der Waals surface area contributed by atoms with Crippen molar-refractivity contribution in [2.24, 2.45) is 4.99 Å². The first-order valence-electron chi connectivity index (χ1n) is 8.82. The molecule has 1 aromatic rings. The number of rotatable bonds is 5. The average molecular weight is 344 g/mol. The number of piperidine rings is 1. The van der Waals surface area contributed by atoms with Gasteiger partial charge in [-0.1, -0.05) is 0 Å². The number of aliphatic imine (C=N–C) groups is 1. The maximum atomic E-state index is 12.2. The second-order valence-corrected chi connectivity index (χ2v) is 6.22.